The highest BCUT2D eigenvalue weighted by atomic mass is 32.2. The lowest BCUT2D eigenvalue weighted by molar-refractivity contribution is -0.128. The second-order valence-corrected chi connectivity index (χ2v) is 7.62. The predicted molar refractivity (Wildman–Crippen MR) is 116 cm³/mol. The highest BCUT2D eigenvalue weighted by molar-refractivity contribution is 8.00. The van der Waals surface area contributed by atoms with Crippen molar-refractivity contribution < 1.29 is 9.53 Å². The molecule has 29 heavy (non-hydrogen) atoms. The van der Waals surface area contributed by atoms with Gasteiger partial charge in [0.05, 0.1) is 12.7 Å². The lowest BCUT2D eigenvalue weighted by atomic mass is 10.1. The molecule has 7 heteroatoms. The molecule has 0 saturated heterocycles. The number of carbonyl (C=O) groups excluding carboxylic acids is 1. The maximum atomic E-state index is 12.9. The van der Waals surface area contributed by atoms with Crippen LogP contribution in [0.15, 0.2) is 72.4 Å². The fourth-order valence-corrected chi connectivity index (χ4v) is 4.12. The van der Waals surface area contributed by atoms with Crippen molar-refractivity contribution in [3.05, 3.63) is 72.8 Å². The van der Waals surface area contributed by atoms with Crippen molar-refractivity contribution in [3.8, 4) is 17.1 Å². The van der Waals surface area contributed by atoms with Crippen LogP contribution >= 0.6 is 11.8 Å². The van der Waals surface area contributed by atoms with Crippen LogP contribution < -0.4 is 4.74 Å². The molecule has 0 aliphatic heterocycles. The van der Waals surface area contributed by atoms with Crippen LogP contribution in [0.5, 0.6) is 5.75 Å². The molecule has 3 aromatic rings. The molecule has 0 unspecified atom stereocenters. The Hall–Kier alpha value is -3.06. The van der Waals surface area contributed by atoms with Gasteiger partial charge >= 0.3 is 0 Å². The summed E-state index contributed by atoms with van der Waals surface area (Å²) in [4.78, 5) is 14.5. The minimum atomic E-state index is -0.426. The fourth-order valence-electron chi connectivity index (χ4n) is 2.93. The number of ether oxygens (including phenoxy) is 1. The molecule has 3 rings (SSSR count). The molecule has 1 amide bonds. The van der Waals surface area contributed by atoms with Crippen molar-refractivity contribution in [1.82, 2.24) is 19.7 Å². The highest BCUT2D eigenvalue weighted by Gasteiger charge is 2.27. The van der Waals surface area contributed by atoms with E-state index >= 15 is 0 Å². The smallest absolute Gasteiger partial charge is 0.240 e. The molecule has 0 saturated carbocycles. The normalized spacial score (nSPS) is 11.7. The first-order valence-corrected chi connectivity index (χ1v) is 10.0. The molecule has 0 aliphatic carbocycles. The van der Waals surface area contributed by atoms with E-state index < -0.39 is 5.25 Å². The van der Waals surface area contributed by atoms with E-state index in [-0.39, 0.29) is 5.91 Å². The molecule has 0 bridgehead atoms. The molecule has 2 aromatic carbocycles. The Kier molecular flexibility index (Phi) is 6.72. The van der Waals surface area contributed by atoms with Gasteiger partial charge in [0.2, 0.25) is 5.91 Å². The number of aromatic nitrogens is 3. The zero-order chi connectivity index (χ0) is 20.8. The second-order valence-electron chi connectivity index (χ2n) is 6.55. The monoisotopic (exact) mass is 408 g/mol. The quantitative estimate of drug-likeness (QED) is 0.415. The molecule has 0 radical (unpaired) electrons. The Morgan fingerprint density at radius 3 is 2.52 bits per heavy atom. The van der Waals surface area contributed by atoms with Gasteiger partial charge < -0.3 is 9.64 Å². The Balaban J connectivity index is 2.04. The number of para-hydroxylation sites is 1. The van der Waals surface area contributed by atoms with Gasteiger partial charge in [0.1, 0.15) is 11.0 Å². The van der Waals surface area contributed by atoms with E-state index in [4.69, 9.17) is 4.74 Å². The van der Waals surface area contributed by atoms with Crippen LogP contribution in [0.2, 0.25) is 0 Å². The summed E-state index contributed by atoms with van der Waals surface area (Å²) >= 11 is 1.38. The summed E-state index contributed by atoms with van der Waals surface area (Å²) < 4.78 is 7.44. The molecule has 6 nitrogen and oxygen atoms in total. The average Bonchev–Trinajstić information content (AvgIpc) is 3.14. The number of thioether (sulfide) groups is 1. The molecule has 0 aliphatic rings. The standard InChI is InChI=1S/C22H24N4O2S/c1-5-15-26-20(17-13-9-10-14-18(17)28-4)23-24-22(26)29-19(21(27)25(2)3)16-11-7-6-8-12-16/h5-14,19H,1,15H2,2-4H3/t19-/m0/s1. The van der Waals surface area contributed by atoms with Crippen LogP contribution in [0.25, 0.3) is 11.4 Å². The molecular formula is C22H24N4O2S. The number of amides is 1. The van der Waals surface area contributed by atoms with Crippen molar-refractivity contribution in [2.24, 2.45) is 0 Å². The highest BCUT2D eigenvalue weighted by Crippen LogP contribution is 2.38. The summed E-state index contributed by atoms with van der Waals surface area (Å²) in [6.07, 6.45) is 1.79. The third kappa shape index (κ3) is 4.51. The SMILES string of the molecule is C=CCn1c(S[C@H](C(=O)N(C)C)c2ccccc2)nnc1-c1ccccc1OC. The van der Waals surface area contributed by atoms with E-state index in [1.807, 2.05) is 59.2 Å². The van der Waals surface area contributed by atoms with Gasteiger partial charge in [-0.3, -0.25) is 9.36 Å². The number of hydrogen-bond acceptors (Lipinski definition) is 5. The van der Waals surface area contributed by atoms with Gasteiger partial charge in [-0.25, -0.2) is 0 Å². The third-order valence-corrected chi connectivity index (χ3v) is 5.59. The lowest BCUT2D eigenvalue weighted by Gasteiger charge is -2.20. The molecule has 0 N–H and O–H groups in total. The molecular weight excluding hydrogens is 384 g/mol. The van der Waals surface area contributed by atoms with Gasteiger partial charge in [0, 0.05) is 20.6 Å². The summed E-state index contributed by atoms with van der Waals surface area (Å²) in [6.45, 7) is 4.38. The molecule has 1 atom stereocenters. The summed E-state index contributed by atoms with van der Waals surface area (Å²) in [5, 5.41) is 9.02. The van der Waals surface area contributed by atoms with Crippen LogP contribution in [0.3, 0.4) is 0 Å². The summed E-state index contributed by atoms with van der Waals surface area (Å²) in [6, 6.07) is 17.4. The van der Waals surface area contributed by atoms with Crippen LogP contribution in [0.4, 0.5) is 0 Å². The number of carbonyl (C=O) groups is 1. The molecule has 1 aromatic heterocycles. The van der Waals surface area contributed by atoms with Crippen LogP contribution in [-0.2, 0) is 11.3 Å². The Labute approximate surface area is 175 Å². The number of methoxy groups -OCH3 is 1. The van der Waals surface area contributed by atoms with Crippen molar-refractivity contribution in [2.75, 3.05) is 21.2 Å². The molecule has 0 fully saturated rings. The van der Waals surface area contributed by atoms with Gasteiger partial charge in [0.15, 0.2) is 11.0 Å². The van der Waals surface area contributed by atoms with E-state index in [1.165, 1.54) is 11.8 Å². The zero-order valence-corrected chi connectivity index (χ0v) is 17.6. The van der Waals surface area contributed by atoms with Crippen LogP contribution in [-0.4, -0.2) is 46.8 Å². The minimum Gasteiger partial charge on any atom is -0.496 e. The third-order valence-electron chi connectivity index (χ3n) is 4.37. The maximum absolute atomic E-state index is 12.9. The Bertz CT molecular complexity index is 985. The first kappa shape index (κ1) is 20.7. The van der Waals surface area contributed by atoms with E-state index in [0.29, 0.717) is 23.3 Å². The van der Waals surface area contributed by atoms with E-state index in [9.17, 15) is 4.79 Å². The summed E-state index contributed by atoms with van der Waals surface area (Å²) in [7, 11) is 5.14. The van der Waals surface area contributed by atoms with Crippen molar-refractivity contribution in [1.29, 1.82) is 0 Å². The van der Waals surface area contributed by atoms with E-state index in [0.717, 1.165) is 11.1 Å². The first-order valence-electron chi connectivity index (χ1n) is 9.17. The van der Waals surface area contributed by atoms with E-state index in [2.05, 4.69) is 16.8 Å². The Morgan fingerprint density at radius 2 is 1.86 bits per heavy atom. The number of rotatable bonds is 8. The zero-order valence-electron chi connectivity index (χ0n) is 16.8. The van der Waals surface area contributed by atoms with Crippen molar-refractivity contribution >= 4 is 17.7 Å². The lowest BCUT2D eigenvalue weighted by Crippen LogP contribution is -2.27. The van der Waals surface area contributed by atoms with Crippen molar-refractivity contribution in [2.45, 2.75) is 17.0 Å². The van der Waals surface area contributed by atoms with Gasteiger partial charge in [-0.05, 0) is 17.7 Å². The molecule has 1 heterocycles. The van der Waals surface area contributed by atoms with Gasteiger partial charge in [-0.1, -0.05) is 60.3 Å². The predicted octanol–water partition coefficient (Wildman–Crippen LogP) is 4.06. The Morgan fingerprint density at radius 1 is 1.17 bits per heavy atom. The van der Waals surface area contributed by atoms with Gasteiger partial charge in [-0.2, -0.15) is 0 Å². The van der Waals surface area contributed by atoms with Crippen LogP contribution in [0.1, 0.15) is 10.8 Å². The maximum Gasteiger partial charge on any atom is 0.240 e. The van der Waals surface area contributed by atoms with Crippen LogP contribution in [0, 0.1) is 0 Å². The summed E-state index contributed by atoms with van der Waals surface area (Å²) in [5.74, 6) is 1.38. The largest absolute Gasteiger partial charge is 0.496 e. The number of allylic oxidation sites excluding steroid dienone is 1. The average molecular weight is 409 g/mol. The molecule has 0 spiro atoms. The summed E-state index contributed by atoms with van der Waals surface area (Å²) in [5.41, 5.74) is 1.76. The first-order chi connectivity index (χ1) is 14.1. The fraction of sp³-hybridized carbons (Fsp3) is 0.227. The number of nitrogens with zero attached hydrogens (tertiary/aromatic N) is 4. The topological polar surface area (TPSA) is 60.2 Å². The number of hydrogen-bond donors (Lipinski definition) is 0. The van der Waals surface area contributed by atoms with E-state index in [1.54, 1.807) is 32.2 Å². The molecule has 150 valence electrons. The van der Waals surface area contributed by atoms with Gasteiger partial charge in [-0.15, -0.1) is 16.8 Å². The minimum absolute atomic E-state index is 0.00630. The van der Waals surface area contributed by atoms with Gasteiger partial charge in [0.25, 0.3) is 0 Å². The number of benzene rings is 2. The van der Waals surface area contributed by atoms with Crippen molar-refractivity contribution in [3.63, 3.8) is 0 Å². The number of likely N-dealkylation sites (N-methyl/N-ethyl adjacent to an activating group) is 1. The second kappa shape index (κ2) is 9.43.